The Labute approximate surface area is 145 Å². The number of anilines is 1. The van der Waals surface area contributed by atoms with E-state index in [1.54, 1.807) is 4.68 Å². The molecule has 0 unspecified atom stereocenters. The first kappa shape index (κ1) is 14.5. The van der Waals surface area contributed by atoms with Gasteiger partial charge in [0.1, 0.15) is 0 Å². The number of para-hydroxylation sites is 1. The van der Waals surface area contributed by atoms with Crippen LogP contribution in [0.1, 0.15) is 35.3 Å². The molecule has 0 radical (unpaired) electrons. The van der Waals surface area contributed by atoms with Gasteiger partial charge in [0.25, 0.3) is 5.91 Å². The van der Waals surface area contributed by atoms with Crippen molar-refractivity contribution in [2.75, 3.05) is 5.73 Å². The highest BCUT2D eigenvalue weighted by Gasteiger charge is 2.38. The van der Waals surface area contributed by atoms with Crippen LogP contribution in [0.3, 0.4) is 0 Å². The van der Waals surface area contributed by atoms with Gasteiger partial charge in [0.05, 0.1) is 35.2 Å². The van der Waals surface area contributed by atoms with Crippen LogP contribution in [0.4, 0.5) is 5.69 Å². The molecule has 6 nitrogen and oxygen atoms in total. The van der Waals surface area contributed by atoms with Crippen LogP contribution < -0.4 is 5.73 Å². The molecule has 5 rings (SSSR count). The number of rotatable bonds is 2. The summed E-state index contributed by atoms with van der Waals surface area (Å²) in [5.41, 5.74) is 11.2. The molecule has 25 heavy (non-hydrogen) atoms. The Morgan fingerprint density at radius 1 is 1.28 bits per heavy atom. The predicted molar refractivity (Wildman–Crippen MR) is 95.9 cm³/mol. The average Bonchev–Trinajstić information content (AvgIpc) is 3.10. The molecule has 126 valence electrons. The predicted octanol–water partition coefficient (Wildman–Crippen LogP) is 2.73. The number of aryl methyl sites for hydroxylation is 1. The molecule has 1 fully saturated rings. The van der Waals surface area contributed by atoms with Crippen LogP contribution in [-0.2, 0) is 13.6 Å². The van der Waals surface area contributed by atoms with Crippen molar-refractivity contribution in [3.63, 3.8) is 0 Å². The first-order valence-electron chi connectivity index (χ1n) is 8.64. The number of nitrogens with two attached hydrogens (primary N) is 1. The molecule has 1 aromatic carbocycles. The van der Waals surface area contributed by atoms with Gasteiger partial charge in [0.2, 0.25) is 0 Å². The third-order valence-corrected chi connectivity index (χ3v) is 5.46. The van der Waals surface area contributed by atoms with E-state index in [1.165, 1.54) is 6.42 Å². The van der Waals surface area contributed by atoms with E-state index in [-0.39, 0.29) is 5.91 Å². The molecule has 1 aliphatic carbocycles. The summed E-state index contributed by atoms with van der Waals surface area (Å²) in [6, 6.07) is 6.27. The maximum Gasteiger partial charge on any atom is 0.258 e. The summed E-state index contributed by atoms with van der Waals surface area (Å²) >= 11 is 0. The van der Waals surface area contributed by atoms with Crippen LogP contribution in [-0.4, -0.2) is 31.6 Å². The van der Waals surface area contributed by atoms with Crippen molar-refractivity contribution in [1.29, 1.82) is 0 Å². The lowest BCUT2D eigenvalue weighted by atomic mass is 9.92. The molecule has 0 spiro atoms. The summed E-state index contributed by atoms with van der Waals surface area (Å²) in [6.45, 7) is 0.570. The SMILES string of the molecule is Cn1cc(-c2cccc3c(N)c4c(nc23)CN(C2CCC2)C4=O)cn1. The molecular weight excluding hydrogens is 314 g/mol. The van der Waals surface area contributed by atoms with Gasteiger partial charge in [-0.2, -0.15) is 5.10 Å². The summed E-state index contributed by atoms with van der Waals surface area (Å²) < 4.78 is 1.77. The molecule has 1 amide bonds. The van der Waals surface area contributed by atoms with Crippen molar-refractivity contribution in [3.05, 3.63) is 41.9 Å². The second kappa shape index (κ2) is 5.05. The quantitative estimate of drug-likeness (QED) is 0.782. The lowest BCUT2D eigenvalue weighted by Gasteiger charge is -2.34. The zero-order valence-electron chi connectivity index (χ0n) is 14.1. The number of fused-ring (bicyclic) bond motifs is 2. The van der Waals surface area contributed by atoms with E-state index in [0.29, 0.717) is 23.8 Å². The van der Waals surface area contributed by atoms with E-state index < -0.39 is 0 Å². The summed E-state index contributed by atoms with van der Waals surface area (Å²) in [4.78, 5) is 19.7. The minimum Gasteiger partial charge on any atom is -0.397 e. The highest BCUT2D eigenvalue weighted by molar-refractivity contribution is 6.11. The summed E-state index contributed by atoms with van der Waals surface area (Å²) in [6.07, 6.45) is 7.15. The molecule has 0 bridgehead atoms. The first-order valence-corrected chi connectivity index (χ1v) is 8.64. The van der Waals surface area contributed by atoms with Crippen LogP contribution in [0.5, 0.6) is 0 Å². The van der Waals surface area contributed by atoms with Crippen LogP contribution in [0.2, 0.25) is 0 Å². The minimum absolute atomic E-state index is 0.0402. The minimum atomic E-state index is 0.0402. The van der Waals surface area contributed by atoms with Crippen molar-refractivity contribution in [1.82, 2.24) is 19.7 Å². The molecule has 3 heterocycles. The number of nitrogen functional groups attached to an aromatic ring is 1. The van der Waals surface area contributed by atoms with Crippen molar-refractivity contribution in [3.8, 4) is 11.1 Å². The smallest absolute Gasteiger partial charge is 0.258 e. The van der Waals surface area contributed by atoms with Crippen LogP contribution in [0.25, 0.3) is 22.0 Å². The van der Waals surface area contributed by atoms with Crippen molar-refractivity contribution >= 4 is 22.5 Å². The Kier molecular flexibility index (Phi) is 2.92. The molecule has 0 saturated heterocycles. The van der Waals surface area contributed by atoms with Crippen LogP contribution in [0, 0.1) is 0 Å². The van der Waals surface area contributed by atoms with Crippen molar-refractivity contribution in [2.24, 2.45) is 7.05 Å². The number of nitrogens with zero attached hydrogens (tertiary/aromatic N) is 4. The van der Waals surface area contributed by atoms with E-state index in [4.69, 9.17) is 10.7 Å². The number of hydrogen-bond acceptors (Lipinski definition) is 4. The zero-order chi connectivity index (χ0) is 17.1. The van der Waals surface area contributed by atoms with Gasteiger partial charge in [0, 0.05) is 35.8 Å². The molecule has 6 heteroatoms. The molecule has 2 N–H and O–H groups in total. The van der Waals surface area contributed by atoms with Gasteiger partial charge >= 0.3 is 0 Å². The van der Waals surface area contributed by atoms with Crippen LogP contribution in [0.15, 0.2) is 30.6 Å². The number of hydrogen-bond donors (Lipinski definition) is 1. The monoisotopic (exact) mass is 333 g/mol. The summed E-state index contributed by atoms with van der Waals surface area (Å²) in [5.74, 6) is 0.0402. The highest BCUT2D eigenvalue weighted by Crippen LogP contribution is 2.39. The molecule has 2 aliphatic rings. The fourth-order valence-electron chi connectivity index (χ4n) is 3.88. The van der Waals surface area contributed by atoms with E-state index in [2.05, 4.69) is 5.10 Å². The topological polar surface area (TPSA) is 77.0 Å². The second-order valence-electron chi connectivity index (χ2n) is 6.97. The Hall–Kier alpha value is -2.89. The first-order chi connectivity index (χ1) is 12.1. The van der Waals surface area contributed by atoms with E-state index in [9.17, 15) is 4.79 Å². The Morgan fingerprint density at radius 3 is 2.80 bits per heavy atom. The summed E-state index contributed by atoms with van der Waals surface area (Å²) in [5, 5.41) is 5.09. The van der Waals surface area contributed by atoms with Gasteiger partial charge < -0.3 is 10.6 Å². The zero-order valence-corrected chi connectivity index (χ0v) is 14.1. The molecular formula is C19H19N5O. The Balaban J connectivity index is 1.70. The molecule has 2 aromatic heterocycles. The normalized spacial score (nSPS) is 17.2. The van der Waals surface area contributed by atoms with E-state index in [0.717, 1.165) is 40.6 Å². The summed E-state index contributed by atoms with van der Waals surface area (Å²) in [7, 11) is 1.89. The number of amides is 1. The standard InChI is InChI=1S/C19H19N5O/c1-23-9-11(8-21-23)13-6-3-7-14-17(20)16-15(22-18(13)14)10-24(19(16)25)12-4-2-5-12/h3,6-9,12H,2,4-5,10H2,1H3,(H2,20,22). The Morgan fingerprint density at radius 2 is 2.12 bits per heavy atom. The van der Waals surface area contributed by atoms with Gasteiger partial charge in [-0.05, 0) is 19.3 Å². The third-order valence-electron chi connectivity index (χ3n) is 5.46. The third kappa shape index (κ3) is 2.00. The number of carbonyl (C=O) groups excluding carboxylic acids is 1. The molecule has 0 atom stereocenters. The van der Waals surface area contributed by atoms with Crippen molar-refractivity contribution in [2.45, 2.75) is 31.8 Å². The largest absolute Gasteiger partial charge is 0.397 e. The van der Waals surface area contributed by atoms with Gasteiger partial charge in [-0.3, -0.25) is 9.48 Å². The second-order valence-corrected chi connectivity index (χ2v) is 6.97. The highest BCUT2D eigenvalue weighted by atomic mass is 16.2. The van der Waals surface area contributed by atoms with Gasteiger partial charge in [-0.25, -0.2) is 4.98 Å². The Bertz CT molecular complexity index is 1020. The molecule has 3 aromatic rings. The van der Waals surface area contributed by atoms with Crippen molar-refractivity contribution < 1.29 is 4.79 Å². The number of carbonyl (C=O) groups is 1. The van der Waals surface area contributed by atoms with Crippen LogP contribution >= 0.6 is 0 Å². The number of aromatic nitrogens is 3. The van der Waals surface area contributed by atoms with Gasteiger partial charge in [-0.15, -0.1) is 0 Å². The van der Waals surface area contributed by atoms with Gasteiger partial charge in [0.15, 0.2) is 0 Å². The maximum atomic E-state index is 12.8. The number of pyridine rings is 1. The fraction of sp³-hybridized carbons (Fsp3) is 0.316. The maximum absolute atomic E-state index is 12.8. The lowest BCUT2D eigenvalue weighted by Crippen LogP contribution is -2.40. The van der Waals surface area contributed by atoms with Gasteiger partial charge in [-0.1, -0.05) is 18.2 Å². The number of benzene rings is 1. The average molecular weight is 333 g/mol. The van der Waals surface area contributed by atoms with E-state index in [1.807, 2.05) is 42.5 Å². The van der Waals surface area contributed by atoms with E-state index >= 15 is 0 Å². The molecule has 1 saturated carbocycles. The fourth-order valence-corrected chi connectivity index (χ4v) is 3.88. The lowest BCUT2D eigenvalue weighted by molar-refractivity contribution is 0.0606. The molecule has 1 aliphatic heterocycles.